The van der Waals surface area contributed by atoms with Crippen LogP contribution >= 0.6 is 0 Å². The van der Waals surface area contributed by atoms with Crippen molar-refractivity contribution in [2.45, 2.75) is 0 Å². The molecule has 0 unspecified atom stereocenters. The molecule has 3 rings (SSSR count). The lowest BCUT2D eigenvalue weighted by molar-refractivity contribution is -0.129. The van der Waals surface area contributed by atoms with Crippen molar-refractivity contribution in [3.8, 4) is 28.8 Å². The lowest BCUT2D eigenvalue weighted by Crippen LogP contribution is -2.08. The Hall–Kier alpha value is -4.39. The van der Waals surface area contributed by atoms with Crippen LogP contribution in [-0.4, -0.2) is 17.9 Å². The molecule has 30 heavy (non-hydrogen) atoms. The van der Waals surface area contributed by atoms with Gasteiger partial charge >= 0.3 is 17.9 Å². The van der Waals surface area contributed by atoms with Crippen LogP contribution in [0.3, 0.4) is 0 Å². The van der Waals surface area contributed by atoms with Crippen LogP contribution in [-0.2, 0) is 9.59 Å². The second-order valence-corrected chi connectivity index (χ2v) is 5.81. The number of carbonyl (C=O) groups is 3. The summed E-state index contributed by atoms with van der Waals surface area (Å²) >= 11 is 0. The minimum Gasteiger partial charge on any atom is -0.425 e. The number of furan rings is 1. The topological polar surface area (TPSA) is 92.0 Å². The summed E-state index contributed by atoms with van der Waals surface area (Å²) in [4.78, 5) is 34.6. The SMILES string of the molecule is C=CC(=O)Oc1ccc(C(=O)Oc2ccc(-c3ccc(OC(=O)C=C)cc3)o2)cc1. The normalized spacial score (nSPS) is 10.0. The molecule has 150 valence electrons. The number of ether oxygens (including phenoxy) is 3. The van der Waals surface area contributed by atoms with Crippen molar-refractivity contribution in [2.75, 3.05) is 0 Å². The maximum absolute atomic E-state index is 12.3. The fraction of sp³-hybridized carbons (Fsp3) is 0. The summed E-state index contributed by atoms with van der Waals surface area (Å²) in [6.07, 6.45) is 2.11. The second kappa shape index (κ2) is 9.20. The molecule has 0 atom stereocenters. The van der Waals surface area contributed by atoms with Crippen LogP contribution in [0.5, 0.6) is 17.4 Å². The van der Waals surface area contributed by atoms with Gasteiger partial charge in [0.1, 0.15) is 17.3 Å². The average Bonchev–Trinajstić information content (AvgIpc) is 3.23. The van der Waals surface area contributed by atoms with Gasteiger partial charge in [0.15, 0.2) is 0 Å². The predicted octanol–water partition coefficient (Wildman–Crippen LogP) is 4.35. The zero-order valence-electron chi connectivity index (χ0n) is 15.7. The molecule has 1 heterocycles. The molecule has 2 aromatic carbocycles. The molecule has 7 heteroatoms. The van der Waals surface area contributed by atoms with E-state index in [4.69, 9.17) is 18.6 Å². The van der Waals surface area contributed by atoms with Crippen LogP contribution in [0.25, 0.3) is 11.3 Å². The third kappa shape index (κ3) is 5.11. The van der Waals surface area contributed by atoms with Crippen molar-refractivity contribution in [2.24, 2.45) is 0 Å². The second-order valence-electron chi connectivity index (χ2n) is 5.81. The van der Waals surface area contributed by atoms with Crippen LogP contribution in [0.4, 0.5) is 0 Å². The van der Waals surface area contributed by atoms with Crippen molar-refractivity contribution in [1.82, 2.24) is 0 Å². The highest BCUT2D eigenvalue weighted by molar-refractivity contribution is 5.91. The lowest BCUT2D eigenvalue weighted by atomic mass is 10.2. The van der Waals surface area contributed by atoms with Gasteiger partial charge in [-0.25, -0.2) is 14.4 Å². The van der Waals surface area contributed by atoms with Gasteiger partial charge in [-0.1, -0.05) is 13.2 Å². The van der Waals surface area contributed by atoms with E-state index in [1.807, 2.05) is 0 Å². The third-order valence-corrected chi connectivity index (χ3v) is 3.77. The standard InChI is InChI=1S/C23H16O7/c1-3-20(24)27-17-9-5-15(6-10-17)19-13-14-22(29-19)30-23(26)16-7-11-18(12-8-16)28-21(25)4-2/h3-14H,1-2H2. The van der Waals surface area contributed by atoms with E-state index in [0.29, 0.717) is 17.1 Å². The highest BCUT2D eigenvalue weighted by Gasteiger charge is 2.13. The van der Waals surface area contributed by atoms with Gasteiger partial charge < -0.3 is 18.6 Å². The summed E-state index contributed by atoms with van der Waals surface area (Å²) in [6, 6.07) is 15.6. The van der Waals surface area contributed by atoms with Gasteiger partial charge in [0.2, 0.25) is 0 Å². The maximum atomic E-state index is 12.3. The van der Waals surface area contributed by atoms with E-state index in [2.05, 4.69) is 13.2 Å². The van der Waals surface area contributed by atoms with E-state index in [1.54, 1.807) is 30.3 Å². The molecule has 0 N–H and O–H groups in total. The van der Waals surface area contributed by atoms with Crippen molar-refractivity contribution in [1.29, 1.82) is 0 Å². The largest absolute Gasteiger partial charge is 0.425 e. The van der Waals surface area contributed by atoms with E-state index in [9.17, 15) is 14.4 Å². The van der Waals surface area contributed by atoms with Crippen molar-refractivity contribution in [3.05, 3.63) is 91.5 Å². The van der Waals surface area contributed by atoms with Crippen molar-refractivity contribution >= 4 is 17.9 Å². The summed E-state index contributed by atoms with van der Waals surface area (Å²) < 4.78 is 20.7. The smallest absolute Gasteiger partial charge is 0.345 e. The molecule has 0 radical (unpaired) electrons. The Bertz CT molecular complexity index is 1090. The van der Waals surface area contributed by atoms with E-state index in [1.165, 1.54) is 30.3 Å². The summed E-state index contributed by atoms with van der Waals surface area (Å²) in [5.74, 6) is -0.667. The quantitative estimate of drug-likeness (QED) is 0.328. The molecular formula is C23H16O7. The Labute approximate surface area is 171 Å². The molecule has 0 spiro atoms. The molecule has 0 bridgehead atoms. The number of benzene rings is 2. The third-order valence-electron chi connectivity index (χ3n) is 3.77. The molecule has 1 aromatic heterocycles. The van der Waals surface area contributed by atoms with E-state index >= 15 is 0 Å². The zero-order chi connectivity index (χ0) is 21.5. The highest BCUT2D eigenvalue weighted by Crippen LogP contribution is 2.28. The van der Waals surface area contributed by atoms with Gasteiger partial charge in [-0.2, -0.15) is 0 Å². The van der Waals surface area contributed by atoms with Crippen LogP contribution in [0.15, 0.2) is 90.4 Å². The van der Waals surface area contributed by atoms with Crippen LogP contribution < -0.4 is 14.2 Å². The first-order chi connectivity index (χ1) is 14.5. The number of esters is 3. The van der Waals surface area contributed by atoms with E-state index in [-0.39, 0.29) is 17.3 Å². The Balaban J connectivity index is 1.64. The summed E-state index contributed by atoms with van der Waals surface area (Å²) in [5, 5.41) is 0. The van der Waals surface area contributed by atoms with E-state index in [0.717, 1.165) is 12.2 Å². The monoisotopic (exact) mass is 404 g/mol. The molecule has 0 aliphatic rings. The molecule has 0 saturated heterocycles. The average molecular weight is 404 g/mol. The van der Waals surface area contributed by atoms with Crippen LogP contribution in [0.2, 0.25) is 0 Å². The summed E-state index contributed by atoms with van der Waals surface area (Å²) in [5.41, 5.74) is 0.948. The van der Waals surface area contributed by atoms with Crippen LogP contribution in [0.1, 0.15) is 10.4 Å². The fourth-order valence-electron chi connectivity index (χ4n) is 2.34. The van der Waals surface area contributed by atoms with Crippen LogP contribution in [0, 0.1) is 0 Å². The first-order valence-corrected chi connectivity index (χ1v) is 8.69. The fourth-order valence-corrected chi connectivity index (χ4v) is 2.34. The van der Waals surface area contributed by atoms with Gasteiger partial charge in [-0.3, -0.25) is 0 Å². The Morgan fingerprint density at radius 1 is 0.700 bits per heavy atom. The lowest BCUT2D eigenvalue weighted by Gasteiger charge is -2.04. The molecule has 7 nitrogen and oxygen atoms in total. The Morgan fingerprint density at radius 2 is 1.23 bits per heavy atom. The van der Waals surface area contributed by atoms with Crippen molar-refractivity contribution in [3.63, 3.8) is 0 Å². The minimum atomic E-state index is -0.635. The van der Waals surface area contributed by atoms with E-state index < -0.39 is 17.9 Å². The molecule has 0 fully saturated rings. The van der Waals surface area contributed by atoms with Gasteiger partial charge in [-0.05, 0) is 54.6 Å². The molecule has 0 aliphatic carbocycles. The van der Waals surface area contributed by atoms with Gasteiger partial charge in [0.05, 0.1) is 5.56 Å². The predicted molar refractivity (Wildman–Crippen MR) is 107 cm³/mol. The van der Waals surface area contributed by atoms with Gasteiger partial charge in [-0.15, -0.1) is 0 Å². The highest BCUT2D eigenvalue weighted by atomic mass is 16.6. The number of rotatable bonds is 7. The maximum Gasteiger partial charge on any atom is 0.345 e. The Morgan fingerprint density at radius 3 is 1.77 bits per heavy atom. The van der Waals surface area contributed by atoms with Gasteiger partial charge in [0.25, 0.3) is 5.95 Å². The molecular weight excluding hydrogens is 388 g/mol. The first kappa shape index (κ1) is 20.3. The van der Waals surface area contributed by atoms with Crippen molar-refractivity contribution < 1.29 is 33.0 Å². The first-order valence-electron chi connectivity index (χ1n) is 8.69. The number of hydrogen-bond donors (Lipinski definition) is 0. The summed E-state index contributed by atoms with van der Waals surface area (Å²) in [6.45, 7) is 6.64. The molecule has 0 aliphatic heterocycles. The molecule has 0 saturated carbocycles. The minimum absolute atomic E-state index is 0.0133. The molecule has 3 aromatic rings. The van der Waals surface area contributed by atoms with Gasteiger partial charge in [0, 0.05) is 23.8 Å². The zero-order valence-corrected chi connectivity index (χ0v) is 15.7. The summed E-state index contributed by atoms with van der Waals surface area (Å²) in [7, 11) is 0. The Kier molecular flexibility index (Phi) is 6.24. The molecule has 0 amide bonds. The number of carbonyl (C=O) groups excluding carboxylic acids is 3. The number of hydrogen-bond acceptors (Lipinski definition) is 7.